The summed E-state index contributed by atoms with van der Waals surface area (Å²) < 4.78 is 5.45. The highest BCUT2D eigenvalue weighted by Gasteiger charge is 2.34. The van der Waals surface area contributed by atoms with Crippen LogP contribution in [0.5, 0.6) is 0 Å². The van der Waals surface area contributed by atoms with Crippen molar-refractivity contribution in [3.05, 3.63) is 23.8 Å². The van der Waals surface area contributed by atoms with Crippen LogP contribution in [0.3, 0.4) is 0 Å². The Morgan fingerprint density at radius 3 is 2.65 bits per heavy atom. The highest BCUT2D eigenvalue weighted by Crippen LogP contribution is 2.26. The van der Waals surface area contributed by atoms with E-state index in [0.717, 1.165) is 5.69 Å². The van der Waals surface area contributed by atoms with E-state index in [4.69, 9.17) is 10.5 Å². The monoisotopic (exact) mass is 277 g/mol. The highest BCUT2D eigenvalue weighted by molar-refractivity contribution is 5.96. The van der Waals surface area contributed by atoms with E-state index in [1.165, 1.54) is 0 Å². The molecule has 1 saturated heterocycles. The first-order valence-electron chi connectivity index (χ1n) is 6.79. The molecule has 1 fully saturated rings. The summed E-state index contributed by atoms with van der Waals surface area (Å²) in [5.41, 5.74) is 7.90. The number of amides is 1. The number of nitrogens with two attached hydrogens (primary N) is 1. The quantitative estimate of drug-likeness (QED) is 0.834. The number of rotatable bonds is 2. The standard InChI is InChI=1S/C15H23N3O2/c1-15(2)10-20-8-7-18(15)14(19)11-5-6-13(17(3)4)12(16)9-11/h5-6,9H,7-8,10,16H2,1-4H3. The molecule has 2 N–H and O–H groups in total. The van der Waals surface area contributed by atoms with Crippen molar-refractivity contribution in [3.63, 3.8) is 0 Å². The molecular formula is C15H23N3O2. The lowest BCUT2D eigenvalue weighted by molar-refractivity contribution is -0.0370. The summed E-state index contributed by atoms with van der Waals surface area (Å²) in [6.07, 6.45) is 0. The second kappa shape index (κ2) is 5.32. The first-order chi connectivity index (χ1) is 9.33. The zero-order chi connectivity index (χ0) is 14.9. The van der Waals surface area contributed by atoms with E-state index in [1.807, 2.05) is 49.9 Å². The maximum atomic E-state index is 12.6. The number of nitrogen functional groups attached to an aromatic ring is 1. The number of carbonyl (C=O) groups is 1. The summed E-state index contributed by atoms with van der Waals surface area (Å²) in [5.74, 6) is 0.00954. The summed E-state index contributed by atoms with van der Waals surface area (Å²) in [7, 11) is 3.86. The van der Waals surface area contributed by atoms with Crippen LogP contribution in [0.15, 0.2) is 18.2 Å². The SMILES string of the molecule is CN(C)c1ccc(C(=O)N2CCOCC2(C)C)cc1N. The molecule has 110 valence electrons. The number of carbonyl (C=O) groups excluding carboxylic acids is 1. The molecule has 0 saturated carbocycles. The maximum Gasteiger partial charge on any atom is 0.254 e. The predicted octanol–water partition coefficient (Wildman–Crippen LogP) is 1.59. The topological polar surface area (TPSA) is 58.8 Å². The van der Waals surface area contributed by atoms with E-state index in [9.17, 15) is 4.79 Å². The average Bonchev–Trinajstić information content (AvgIpc) is 2.37. The molecule has 0 atom stereocenters. The minimum atomic E-state index is -0.287. The molecule has 1 aromatic rings. The Hall–Kier alpha value is -1.75. The Bertz CT molecular complexity index is 512. The minimum Gasteiger partial charge on any atom is -0.397 e. The largest absolute Gasteiger partial charge is 0.397 e. The zero-order valence-corrected chi connectivity index (χ0v) is 12.6. The van der Waals surface area contributed by atoms with Crippen LogP contribution in [0.2, 0.25) is 0 Å². The molecule has 5 heteroatoms. The second-order valence-corrected chi connectivity index (χ2v) is 5.99. The highest BCUT2D eigenvalue weighted by atomic mass is 16.5. The summed E-state index contributed by atoms with van der Waals surface area (Å²) >= 11 is 0. The zero-order valence-electron chi connectivity index (χ0n) is 12.6. The van der Waals surface area contributed by atoms with E-state index >= 15 is 0 Å². The summed E-state index contributed by atoms with van der Waals surface area (Å²) in [6, 6.07) is 5.47. The Morgan fingerprint density at radius 2 is 2.10 bits per heavy atom. The van der Waals surface area contributed by atoms with Gasteiger partial charge in [-0.25, -0.2) is 0 Å². The van der Waals surface area contributed by atoms with Gasteiger partial charge in [-0.2, -0.15) is 0 Å². The fraction of sp³-hybridized carbons (Fsp3) is 0.533. The number of ether oxygens (including phenoxy) is 1. The van der Waals surface area contributed by atoms with Crippen molar-refractivity contribution < 1.29 is 9.53 Å². The third-order valence-electron chi connectivity index (χ3n) is 3.65. The molecule has 20 heavy (non-hydrogen) atoms. The van der Waals surface area contributed by atoms with Crippen LogP contribution in [0.4, 0.5) is 11.4 Å². The van der Waals surface area contributed by atoms with Crippen LogP contribution in [0.1, 0.15) is 24.2 Å². The van der Waals surface area contributed by atoms with Gasteiger partial charge in [0, 0.05) is 26.2 Å². The third-order valence-corrected chi connectivity index (χ3v) is 3.65. The van der Waals surface area contributed by atoms with Gasteiger partial charge >= 0.3 is 0 Å². The van der Waals surface area contributed by atoms with Crippen molar-refractivity contribution in [2.24, 2.45) is 0 Å². The van der Waals surface area contributed by atoms with Gasteiger partial charge in [0.05, 0.1) is 30.1 Å². The van der Waals surface area contributed by atoms with Crippen LogP contribution in [-0.4, -0.2) is 50.2 Å². The van der Waals surface area contributed by atoms with Crippen molar-refractivity contribution in [1.82, 2.24) is 4.90 Å². The van der Waals surface area contributed by atoms with Crippen molar-refractivity contribution in [3.8, 4) is 0 Å². The van der Waals surface area contributed by atoms with E-state index < -0.39 is 0 Å². The van der Waals surface area contributed by atoms with Gasteiger partial charge in [-0.05, 0) is 32.0 Å². The van der Waals surface area contributed by atoms with Gasteiger partial charge in [0.1, 0.15) is 0 Å². The van der Waals surface area contributed by atoms with E-state index in [0.29, 0.717) is 31.0 Å². The molecule has 1 aliphatic rings. The lowest BCUT2D eigenvalue weighted by atomic mass is 10.0. The van der Waals surface area contributed by atoms with Crippen molar-refractivity contribution in [2.45, 2.75) is 19.4 Å². The predicted molar refractivity (Wildman–Crippen MR) is 81.1 cm³/mol. The minimum absolute atomic E-state index is 0.00954. The lowest BCUT2D eigenvalue weighted by Gasteiger charge is -2.42. The number of hydrogen-bond donors (Lipinski definition) is 1. The van der Waals surface area contributed by atoms with E-state index in [2.05, 4.69) is 0 Å². The van der Waals surface area contributed by atoms with E-state index in [1.54, 1.807) is 6.07 Å². The molecule has 1 aliphatic heterocycles. The molecule has 0 aromatic heterocycles. The first kappa shape index (κ1) is 14.7. The molecule has 1 amide bonds. The molecule has 2 rings (SSSR count). The second-order valence-electron chi connectivity index (χ2n) is 5.99. The molecule has 5 nitrogen and oxygen atoms in total. The number of anilines is 2. The number of hydrogen-bond acceptors (Lipinski definition) is 4. The molecular weight excluding hydrogens is 254 g/mol. The normalized spacial score (nSPS) is 17.9. The summed E-state index contributed by atoms with van der Waals surface area (Å²) in [6.45, 7) is 5.79. The summed E-state index contributed by atoms with van der Waals surface area (Å²) in [5, 5.41) is 0. The summed E-state index contributed by atoms with van der Waals surface area (Å²) in [4.78, 5) is 16.4. The van der Waals surface area contributed by atoms with Gasteiger partial charge in [0.15, 0.2) is 0 Å². The van der Waals surface area contributed by atoms with Gasteiger partial charge in [-0.1, -0.05) is 0 Å². The fourth-order valence-corrected chi connectivity index (χ4v) is 2.49. The maximum absolute atomic E-state index is 12.6. The fourth-order valence-electron chi connectivity index (χ4n) is 2.49. The van der Waals surface area contributed by atoms with Crippen molar-refractivity contribution in [2.75, 3.05) is 44.5 Å². The average molecular weight is 277 g/mol. The van der Waals surface area contributed by atoms with Gasteiger partial charge in [0.2, 0.25) is 0 Å². The first-order valence-corrected chi connectivity index (χ1v) is 6.79. The molecule has 1 heterocycles. The molecule has 0 unspecified atom stereocenters. The van der Waals surface area contributed by atoms with Crippen molar-refractivity contribution in [1.29, 1.82) is 0 Å². The Kier molecular flexibility index (Phi) is 3.90. The Morgan fingerprint density at radius 1 is 1.40 bits per heavy atom. The van der Waals surface area contributed by atoms with Crippen LogP contribution >= 0.6 is 0 Å². The van der Waals surface area contributed by atoms with Crippen LogP contribution < -0.4 is 10.6 Å². The number of benzene rings is 1. The van der Waals surface area contributed by atoms with Crippen LogP contribution in [-0.2, 0) is 4.74 Å². The number of morpholine rings is 1. The smallest absolute Gasteiger partial charge is 0.254 e. The van der Waals surface area contributed by atoms with E-state index in [-0.39, 0.29) is 11.4 Å². The lowest BCUT2D eigenvalue weighted by Crippen LogP contribution is -2.55. The molecule has 0 radical (unpaired) electrons. The molecule has 0 aliphatic carbocycles. The molecule has 0 spiro atoms. The van der Waals surface area contributed by atoms with Gasteiger partial charge in [-0.15, -0.1) is 0 Å². The molecule has 1 aromatic carbocycles. The third kappa shape index (κ3) is 2.72. The molecule has 0 bridgehead atoms. The Labute approximate surface area is 120 Å². The van der Waals surface area contributed by atoms with Gasteiger partial charge in [0.25, 0.3) is 5.91 Å². The van der Waals surface area contributed by atoms with Crippen LogP contribution in [0.25, 0.3) is 0 Å². The van der Waals surface area contributed by atoms with Gasteiger partial charge < -0.3 is 20.3 Å². The van der Waals surface area contributed by atoms with Crippen LogP contribution in [0, 0.1) is 0 Å². The Balaban J connectivity index is 2.27. The van der Waals surface area contributed by atoms with Gasteiger partial charge in [-0.3, -0.25) is 4.79 Å². The number of nitrogens with zero attached hydrogens (tertiary/aromatic N) is 2. The van der Waals surface area contributed by atoms with Crippen molar-refractivity contribution >= 4 is 17.3 Å².